The maximum atomic E-state index is 12.5. The zero-order valence-corrected chi connectivity index (χ0v) is 12.0. The molecule has 0 aliphatic carbocycles. The maximum Gasteiger partial charge on any atom is 0.414 e. The lowest BCUT2D eigenvalue weighted by Crippen LogP contribution is -2.43. The maximum absolute atomic E-state index is 12.5. The SMILES string of the molecule is OC(C1CCN(CCCc2ccccc2)CC1)C(F)(F)F. The molecule has 0 aromatic heterocycles. The molecule has 1 unspecified atom stereocenters. The Kier molecular flexibility index (Phi) is 5.65. The van der Waals surface area contributed by atoms with Gasteiger partial charge >= 0.3 is 6.18 Å². The Balaban J connectivity index is 1.68. The smallest absolute Gasteiger partial charge is 0.383 e. The molecule has 118 valence electrons. The molecule has 0 saturated carbocycles. The molecule has 1 fully saturated rings. The molecule has 1 atom stereocenters. The second-order valence-corrected chi connectivity index (χ2v) is 5.75. The third-order valence-corrected chi connectivity index (χ3v) is 4.20. The number of aliphatic hydroxyl groups excluding tert-OH is 1. The first kappa shape index (κ1) is 16.3. The Bertz CT molecular complexity index is 413. The molecule has 21 heavy (non-hydrogen) atoms. The molecule has 2 nitrogen and oxygen atoms in total. The normalized spacial score (nSPS) is 19.6. The highest BCUT2D eigenvalue weighted by atomic mass is 19.4. The quantitative estimate of drug-likeness (QED) is 0.902. The van der Waals surface area contributed by atoms with Gasteiger partial charge in [-0.3, -0.25) is 0 Å². The molecular formula is C16H22F3NO. The first-order valence-electron chi connectivity index (χ1n) is 7.48. The molecule has 2 rings (SSSR count). The summed E-state index contributed by atoms with van der Waals surface area (Å²) in [5.74, 6) is -0.643. The average Bonchev–Trinajstić information content (AvgIpc) is 2.47. The van der Waals surface area contributed by atoms with Crippen LogP contribution in [0.15, 0.2) is 30.3 Å². The van der Waals surface area contributed by atoms with E-state index in [9.17, 15) is 18.3 Å². The average molecular weight is 301 g/mol. The minimum absolute atomic E-state index is 0.423. The Morgan fingerprint density at radius 2 is 1.76 bits per heavy atom. The van der Waals surface area contributed by atoms with E-state index in [1.807, 2.05) is 18.2 Å². The number of alkyl halides is 3. The number of hydrogen-bond donors (Lipinski definition) is 1. The minimum Gasteiger partial charge on any atom is -0.383 e. The lowest BCUT2D eigenvalue weighted by Gasteiger charge is -2.34. The van der Waals surface area contributed by atoms with Crippen molar-refractivity contribution in [3.05, 3.63) is 35.9 Å². The summed E-state index contributed by atoms with van der Waals surface area (Å²) < 4.78 is 37.4. The fourth-order valence-corrected chi connectivity index (χ4v) is 2.91. The van der Waals surface area contributed by atoms with Crippen LogP contribution in [0.2, 0.25) is 0 Å². The molecule has 1 aromatic rings. The minimum atomic E-state index is -4.49. The highest BCUT2D eigenvalue weighted by Crippen LogP contribution is 2.31. The molecule has 1 saturated heterocycles. The molecular weight excluding hydrogens is 279 g/mol. The summed E-state index contributed by atoms with van der Waals surface area (Å²) in [5.41, 5.74) is 1.29. The highest BCUT2D eigenvalue weighted by Gasteiger charge is 2.43. The van der Waals surface area contributed by atoms with E-state index < -0.39 is 18.2 Å². The van der Waals surface area contributed by atoms with E-state index in [0.717, 1.165) is 19.4 Å². The standard InChI is InChI=1S/C16H22F3NO/c17-16(18,19)15(21)14-8-11-20(12-9-14)10-4-7-13-5-2-1-3-6-13/h1-3,5-6,14-15,21H,4,7-12H2. The van der Waals surface area contributed by atoms with E-state index >= 15 is 0 Å². The molecule has 1 N–H and O–H groups in total. The first-order valence-corrected chi connectivity index (χ1v) is 7.48. The van der Waals surface area contributed by atoms with E-state index in [4.69, 9.17) is 0 Å². The second-order valence-electron chi connectivity index (χ2n) is 5.75. The van der Waals surface area contributed by atoms with Gasteiger partial charge in [0.2, 0.25) is 0 Å². The lowest BCUT2D eigenvalue weighted by atomic mass is 9.91. The van der Waals surface area contributed by atoms with Crippen LogP contribution in [-0.2, 0) is 6.42 Å². The van der Waals surface area contributed by atoms with E-state index in [0.29, 0.717) is 25.9 Å². The zero-order valence-electron chi connectivity index (χ0n) is 12.0. The number of likely N-dealkylation sites (tertiary alicyclic amines) is 1. The number of piperidine rings is 1. The molecule has 0 bridgehead atoms. The molecule has 1 aliphatic heterocycles. The van der Waals surface area contributed by atoms with Crippen LogP contribution in [-0.4, -0.2) is 41.9 Å². The molecule has 5 heteroatoms. The molecule has 1 aromatic carbocycles. The summed E-state index contributed by atoms with van der Waals surface area (Å²) in [7, 11) is 0. The van der Waals surface area contributed by atoms with Crippen LogP contribution >= 0.6 is 0 Å². The third-order valence-electron chi connectivity index (χ3n) is 4.20. The van der Waals surface area contributed by atoms with Crippen molar-refractivity contribution in [2.24, 2.45) is 5.92 Å². The van der Waals surface area contributed by atoms with E-state index in [1.54, 1.807) is 0 Å². The van der Waals surface area contributed by atoms with Gasteiger partial charge < -0.3 is 10.0 Å². The van der Waals surface area contributed by atoms with Gasteiger partial charge in [0.05, 0.1) is 0 Å². The van der Waals surface area contributed by atoms with Crippen molar-refractivity contribution in [2.75, 3.05) is 19.6 Å². The Labute approximate surface area is 123 Å². The summed E-state index contributed by atoms with van der Waals surface area (Å²) in [4.78, 5) is 2.20. The molecule has 0 radical (unpaired) electrons. The summed E-state index contributed by atoms with van der Waals surface area (Å²) in [6, 6.07) is 10.2. The van der Waals surface area contributed by atoms with Crippen LogP contribution in [0.25, 0.3) is 0 Å². The fourth-order valence-electron chi connectivity index (χ4n) is 2.91. The van der Waals surface area contributed by atoms with E-state index in [2.05, 4.69) is 17.0 Å². The highest BCUT2D eigenvalue weighted by molar-refractivity contribution is 5.14. The third kappa shape index (κ3) is 5.00. The lowest BCUT2D eigenvalue weighted by molar-refractivity contribution is -0.223. The Morgan fingerprint density at radius 3 is 2.33 bits per heavy atom. The number of benzene rings is 1. The van der Waals surface area contributed by atoms with Crippen molar-refractivity contribution in [3.63, 3.8) is 0 Å². The van der Waals surface area contributed by atoms with Gasteiger partial charge in [0.15, 0.2) is 6.10 Å². The largest absolute Gasteiger partial charge is 0.414 e. The number of rotatable bonds is 5. The van der Waals surface area contributed by atoms with Crippen LogP contribution in [0.3, 0.4) is 0 Å². The van der Waals surface area contributed by atoms with Gasteiger partial charge in [-0.1, -0.05) is 30.3 Å². The second kappa shape index (κ2) is 7.27. The number of nitrogens with zero attached hydrogens (tertiary/aromatic N) is 1. The van der Waals surface area contributed by atoms with Crippen LogP contribution in [0.4, 0.5) is 13.2 Å². The molecule has 0 spiro atoms. The summed E-state index contributed by atoms with van der Waals surface area (Å²) in [5, 5.41) is 9.28. The van der Waals surface area contributed by atoms with Crippen LogP contribution < -0.4 is 0 Å². The molecule has 1 heterocycles. The first-order chi connectivity index (χ1) is 9.97. The van der Waals surface area contributed by atoms with Gasteiger partial charge in [-0.25, -0.2) is 0 Å². The number of aliphatic hydroxyl groups is 1. The van der Waals surface area contributed by atoms with Crippen LogP contribution in [0.5, 0.6) is 0 Å². The summed E-state index contributed by atoms with van der Waals surface area (Å²) in [6.07, 6.45) is -3.80. The van der Waals surface area contributed by atoms with E-state index in [1.165, 1.54) is 5.56 Å². The van der Waals surface area contributed by atoms with Crippen LogP contribution in [0, 0.1) is 5.92 Å². The molecule has 0 amide bonds. The number of halogens is 3. The van der Waals surface area contributed by atoms with Gasteiger partial charge in [-0.05, 0) is 56.8 Å². The predicted molar refractivity (Wildman–Crippen MR) is 76.0 cm³/mol. The molecule has 1 aliphatic rings. The van der Waals surface area contributed by atoms with Gasteiger partial charge in [0.1, 0.15) is 0 Å². The summed E-state index contributed by atoms with van der Waals surface area (Å²) >= 11 is 0. The topological polar surface area (TPSA) is 23.5 Å². The summed E-state index contributed by atoms with van der Waals surface area (Å²) in [6.45, 7) is 2.20. The van der Waals surface area contributed by atoms with Crippen molar-refractivity contribution in [2.45, 2.75) is 38.0 Å². The van der Waals surface area contributed by atoms with Crippen LogP contribution in [0.1, 0.15) is 24.8 Å². The zero-order chi connectivity index (χ0) is 15.3. The van der Waals surface area contributed by atoms with Crippen molar-refractivity contribution >= 4 is 0 Å². The van der Waals surface area contributed by atoms with Crippen molar-refractivity contribution in [3.8, 4) is 0 Å². The van der Waals surface area contributed by atoms with Gasteiger partial charge in [-0.2, -0.15) is 13.2 Å². The fraction of sp³-hybridized carbons (Fsp3) is 0.625. The van der Waals surface area contributed by atoms with Crippen molar-refractivity contribution in [1.82, 2.24) is 4.90 Å². The Morgan fingerprint density at radius 1 is 1.14 bits per heavy atom. The number of aryl methyl sites for hydroxylation is 1. The van der Waals surface area contributed by atoms with Gasteiger partial charge in [0, 0.05) is 0 Å². The monoisotopic (exact) mass is 301 g/mol. The van der Waals surface area contributed by atoms with E-state index in [-0.39, 0.29) is 0 Å². The number of hydrogen-bond acceptors (Lipinski definition) is 2. The van der Waals surface area contributed by atoms with Gasteiger partial charge in [0.25, 0.3) is 0 Å². The van der Waals surface area contributed by atoms with Crippen molar-refractivity contribution in [1.29, 1.82) is 0 Å². The predicted octanol–water partition coefficient (Wildman–Crippen LogP) is 3.25. The Hall–Kier alpha value is -1.07. The van der Waals surface area contributed by atoms with Gasteiger partial charge in [-0.15, -0.1) is 0 Å². The van der Waals surface area contributed by atoms with Crippen molar-refractivity contribution < 1.29 is 18.3 Å².